The van der Waals surface area contributed by atoms with Crippen molar-refractivity contribution < 1.29 is 18.0 Å². The third kappa shape index (κ3) is 3.56. The lowest BCUT2D eigenvalue weighted by molar-refractivity contribution is -0.148. The second-order valence-electron chi connectivity index (χ2n) is 6.93. The molecule has 7 heteroatoms. The SMILES string of the molecule is Cc1nc2cc(NC(=O)c3ccc([C@H]4C[C@@H]4C(F)(F)F)cc3C)ccc2s1. The van der Waals surface area contributed by atoms with Gasteiger partial charge in [0, 0.05) is 11.3 Å². The number of amides is 1. The standard InChI is InChI=1S/C20H17F3N2OS/c1-10-7-12(15-9-16(15)20(21,22)23)3-5-14(10)19(26)25-13-4-6-18-17(8-13)24-11(2)27-18/h3-8,15-16H,9H2,1-2H3,(H,25,26)/t15-,16+/m1/s1. The fourth-order valence-corrected chi connectivity index (χ4v) is 4.22. The number of aromatic nitrogens is 1. The van der Waals surface area contributed by atoms with Crippen LogP contribution in [-0.4, -0.2) is 17.1 Å². The smallest absolute Gasteiger partial charge is 0.322 e. The van der Waals surface area contributed by atoms with E-state index in [1.807, 2.05) is 25.1 Å². The lowest BCUT2D eigenvalue weighted by atomic mass is 10.0. The van der Waals surface area contributed by atoms with E-state index in [4.69, 9.17) is 0 Å². The van der Waals surface area contributed by atoms with Gasteiger partial charge in [0.25, 0.3) is 5.91 Å². The zero-order valence-corrected chi connectivity index (χ0v) is 15.5. The molecule has 1 N–H and O–H groups in total. The zero-order chi connectivity index (χ0) is 19.3. The number of carbonyl (C=O) groups excluding carboxylic acids is 1. The molecule has 140 valence electrons. The van der Waals surface area contributed by atoms with E-state index < -0.39 is 18.0 Å². The highest BCUT2D eigenvalue weighted by Gasteiger charge is 2.56. The monoisotopic (exact) mass is 390 g/mol. The third-order valence-electron chi connectivity index (χ3n) is 4.89. The van der Waals surface area contributed by atoms with Crippen molar-refractivity contribution in [2.45, 2.75) is 32.4 Å². The number of fused-ring (bicyclic) bond motifs is 1. The Bertz CT molecular complexity index is 1040. The highest BCUT2D eigenvalue weighted by molar-refractivity contribution is 7.18. The van der Waals surface area contributed by atoms with Gasteiger partial charge in [0.1, 0.15) is 0 Å². The van der Waals surface area contributed by atoms with Gasteiger partial charge in [-0.2, -0.15) is 13.2 Å². The molecule has 2 atom stereocenters. The molecular formula is C20H17F3N2OS. The van der Waals surface area contributed by atoms with E-state index in [0.717, 1.165) is 15.2 Å². The van der Waals surface area contributed by atoms with Crippen molar-refractivity contribution in [2.24, 2.45) is 5.92 Å². The van der Waals surface area contributed by atoms with E-state index in [1.54, 1.807) is 36.5 Å². The molecule has 1 aliphatic carbocycles. The first-order valence-corrected chi connectivity index (χ1v) is 9.40. The number of anilines is 1. The second-order valence-corrected chi connectivity index (χ2v) is 8.17. The molecule has 0 bridgehead atoms. The highest BCUT2D eigenvalue weighted by Crippen LogP contribution is 2.56. The maximum Gasteiger partial charge on any atom is 0.392 e. The van der Waals surface area contributed by atoms with Crippen LogP contribution in [0.2, 0.25) is 0 Å². The minimum Gasteiger partial charge on any atom is -0.322 e. The molecule has 1 heterocycles. The molecule has 0 spiro atoms. The average Bonchev–Trinajstić information content (AvgIpc) is 3.31. The number of alkyl halides is 3. The van der Waals surface area contributed by atoms with Gasteiger partial charge in [0.2, 0.25) is 0 Å². The van der Waals surface area contributed by atoms with Gasteiger partial charge in [0.05, 0.1) is 21.1 Å². The summed E-state index contributed by atoms with van der Waals surface area (Å²) in [6, 6.07) is 10.5. The molecule has 3 aromatic rings. The van der Waals surface area contributed by atoms with Crippen LogP contribution in [0.5, 0.6) is 0 Å². The van der Waals surface area contributed by atoms with Gasteiger partial charge in [-0.15, -0.1) is 11.3 Å². The quantitative estimate of drug-likeness (QED) is 0.611. The highest BCUT2D eigenvalue weighted by atomic mass is 32.1. The predicted molar refractivity (Wildman–Crippen MR) is 100 cm³/mol. The van der Waals surface area contributed by atoms with Crippen LogP contribution in [0.4, 0.5) is 18.9 Å². The number of benzene rings is 2. The number of rotatable bonds is 3. The van der Waals surface area contributed by atoms with Crippen molar-refractivity contribution in [3.8, 4) is 0 Å². The number of thiazole rings is 1. The molecule has 1 saturated carbocycles. The van der Waals surface area contributed by atoms with E-state index in [2.05, 4.69) is 10.3 Å². The van der Waals surface area contributed by atoms with E-state index in [1.165, 1.54) is 0 Å². The molecular weight excluding hydrogens is 373 g/mol. The summed E-state index contributed by atoms with van der Waals surface area (Å²) in [6.45, 7) is 3.67. The summed E-state index contributed by atoms with van der Waals surface area (Å²) < 4.78 is 39.4. The largest absolute Gasteiger partial charge is 0.392 e. The van der Waals surface area contributed by atoms with Crippen molar-refractivity contribution in [1.29, 1.82) is 0 Å². The van der Waals surface area contributed by atoms with Gasteiger partial charge in [-0.05, 0) is 61.6 Å². The summed E-state index contributed by atoms with van der Waals surface area (Å²) in [5.74, 6) is -2.03. The summed E-state index contributed by atoms with van der Waals surface area (Å²) in [7, 11) is 0. The Morgan fingerprint density at radius 2 is 1.96 bits per heavy atom. The Balaban J connectivity index is 1.51. The number of carbonyl (C=O) groups is 1. The first-order valence-electron chi connectivity index (χ1n) is 8.58. The van der Waals surface area contributed by atoms with Crippen LogP contribution in [0.1, 0.15) is 38.8 Å². The van der Waals surface area contributed by atoms with Gasteiger partial charge in [-0.25, -0.2) is 4.98 Å². The van der Waals surface area contributed by atoms with Crippen molar-refractivity contribution in [2.75, 3.05) is 5.32 Å². The molecule has 1 aliphatic rings. The molecule has 0 unspecified atom stereocenters. The summed E-state index contributed by atoms with van der Waals surface area (Å²) in [5, 5.41) is 3.80. The number of aryl methyl sites for hydroxylation is 2. The maximum absolute atomic E-state index is 12.8. The average molecular weight is 390 g/mol. The molecule has 27 heavy (non-hydrogen) atoms. The lowest BCUT2D eigenvalue weighted by Gasteiger charge is -2.10. The number of halogens is 3. The molecule has 4 rings (SSSR count). The number of hydrogen-bond acceptors (Lipinski definition) is 3. The van der Waals surface area contributed by atoms with E-state index in [9.17, 15) is 18.0 Å². The summed E-state index contributed by atoms with van der Waals surface area (Å²) in [5.41, 5.74) is 3.24. The molecule has 1 aromatic heterocycles. The molecule has 0 saturated heterocycles. The fourth-order valence-electron chi connectivity index (χ4n) is 3.42. The molecule has 1 amide bonds. The van der Waals surface area contributed by atoms with E-state index >= 15 is 0 Å². The zero-order valence-electron chi connectivity index (χ0n) is 14.7. The van der Waals surface area contributed by atoms with Gasteiger partial charge in [-0.3, -0.25) is 4.79 Å². The van der Waals surface area contributed by atoms with Gasteiger partial charge < -0.3 is 5.32 Å². The molecule has 0 aliphatic heterocycles. The summed E-state index contributed by atoms with van der Waals surface area (Å²) in [6.07, 6.45) is -4.02. The minimum absolute atomic E-state index is 0.127. The number of hydrogen-bond donors (Lipinski definition) is 1. The third-order valence-corrected chi connectivity index (χ3v) is 5.84. The van der Waals surface area contributed by atoms with Gasteiger partial charge in [0.15, 0.2) is 0 Å². The topological polar surface area (TPSA) is 42.0 Å². The summed E-state index contributed by atoms with van der Waals surface area (Å²) in [4.78, 5) is 17.0. The first-order chi connectivity index (χ1) is 12.7. The molecule has 2 aromatic carbocycles. The Morgan fingerprint density at radius 1 is 1.19 bits per heavy atom. The molecule has 3 nitrogen and oxygen atoms in total. The maximum atomic E-state index is 12.8. The van der Waals surface area contributed by atoms with Crippen LogP contribution in [0.15, 0.2) is 36.4 Å². The first kappa shape index (κ1) is 18.0. The normalized spacial score (nSPS) is 19.3. The van der Waals surface area contributed by atoms with E-state index in [-0.39, 0.29) is 12.3 Å². The van der Waals surface area contributed by atoms with Gasteiger partial charge in [-0.1, -0.05) is 12.1 Å². The van der Waals surface area contributed by atoms with Crippen LogP contribution >= 0.6 is 11.3 Å². The van der Waals surface area contributed by atoms with Gasteiger partial charge >= 0.3 is 6.18 Å². The van der Waals surface area contributed by atoms with Crippen LogP contribution in [-0.2, 0) is 0 Å². The second kappa shape index (κ2) is 6.34. The minimum atomic E-state index is -4.15. The van der Waals surface area contributed by atoms with Crippen LogP contribution in [0.25, 0.3) is 10.2 Å². The van der Waals surface area contributed by atoms with Crippen molar-refractivity contribution >= 4 is 33.1 Å². The predicted octanol–water partition coefficient (Wildman–Crippen LogP) is 5.83. The van der Waals surface area contributed by atoms with Crippen molar-refractivity contribution in [1.82, 2.24) is 4.98 Å². The molecule has 1 fully saturated rings. The van der Waals surface area contributed by atoms with E-state index in [0.29, 0.717) is 22.4 Å². The Labute approximate surface area is 158 Å². The number of nitrogens with zero attached hydrogens (tertiary/aromatic N) is 1. The molecule has 0 radical (unpaired) electrons. The Kier molecular flexibility index (Phi) is 4.22. The fraction of sp³-hybridized carbons (Fsp3) is 0.300. The van der Waals surface area contributed by atoms with Crippen LogP contribution in [0, 0.1) is 19.8 Å². The summed E-state index contributed by atoms with van der Waals surface area (Å²) >= 11 is 1.59. The Hall–Kier alpha value is -2.41. The van der Waals surface area contributed by atoms with Crippen LogP contribution in [0.3, 0.4) is 0 Å². The number of nitrogens with one attached hydrogen (secondary N) is 1. The van der Waals surface area contributed by atoms with Crippen LogP contribution < -0.4 is 5.32 Å². The van der Waals surface area contributed by atoms with Crippen molar-refractivity contribution in [3.63, 3.8) is 0 Å². The Morgan fingerprint density at radius 3 is 2.63 bits per heavy atom. The van der Waals surface area contributed by atoms with Crippen molar-refractivity contribution in [3.05, 3.63) is 58.1 Å². The lowest BCUT2D eigenvalue weighted by Crippen LogP contribution is -2.14.